The number of rotatable bonds is 3. The minimum absolute atomic E-state index is 0.0601. The Hall–Kier alpha value is -2.44. The molecule has 1 aromatic heterocycles. The number of nitrogens with zero attached hydrogens (tertiary/aromatic N) is 5. The molecule has 7 nitrogen and oxygen atoms in total. The van der Waals surface area contributed by atoms with Gasteiger partial charge in [-0.1, -0.05) is 37.8 Å². The molecule has 2 aromatic rings. The molecule has 0 atom stereocenters. The number of anilines is 1. The molecule has 128 valence electrons. The fraction of sp³-hybridized carbons (Fsp3) is 0.529. The maximum Gasteiger partial charge on any atom is 0.321 e. The van der Waals surface area contributed by atoms with Crippen LogP contribution in [0.1, 0.15) is 38.5 Å². The molecule has 0 saturated heterocycles. The summed E-state index contributed by atoms with van der Waals surface area (Å²) in [5.74, 6) is 0.670. The third-order valence-electron chi connectivity index (χ3n) is 4.68. The lowest BCUT2D eigenvalue weighted by Gasteiger charge is -2.27. The molecule has 0 spiro atoms. The molecule has 0 radical (unpaired) electrons. The summed E-state index contributed by atoms with van der Waals surface area (Å²) in [6.07, 6.45) is 7.15. The van der Waals surface area contributed by atoms with E-state index in [2.05, 4.69) is 20.8 Å². The van der Waals surface area contributed by atoms with E-state index in [-0.39, 0.29) is 6.03 Å². The summed E-state index contributed by atoms with van der Waals surface area (Å²) in [6.45, 7) is 0. The summed E-state index contributed by atoms with van der Waals surface area (Å²) in [4.78, 5) is 14.4. The van der Waals surface area contributed by atoms with Crippen molar-refractivity contribution in [3.63, 3.8) is 0 Å². The van der Waals surface area contributed by atoms with Gasteiger partial charge in [0.2, 0.25) is 0 Å². The van der Waals surface area contributed by atoms with Crippen LogP contribution in [0.2, 0.25) is 0 Å². The van der Waals surface area contributed by atoms with Crippen molar-refractivity contribution in [2.24, 2.45) is 7.05 Å². The lowest BCUT2D eigenvalue weighted by atomic mass is 10.1. The number of tetrazole rings is 1. The van der Waals surface area contributed by atoms with Crippen LogP contribution in [-0.4, -0.2) is 44.2 Å². The van der Waals surface area contributed by atoms with Gasteiger partial charge in [0.05, 0.1) is 0 Å². The molecule has 1 aliphatic carbocycles. The van der Waals surface area contributed by atoms with Crippen LogP contribution in [0.25, 0.3) is 11.4 Å². The van der Waals surface area contributed by atoms with Gasteiger partial charge in [-0.25, -0.2) is 9.48 Å². The summed E-state index contributed by atoms with van der Waals surface area (Å²) in [5, 5.41) is 14.5. The third kappa shape index (κ3) is 3.72. The lowest BCUT2D eigenvalue weighted by molar-refractivity contribution is 0.197. The van der Waals surface area contributed by atoms with Crippen molar-refractivity contribution in [3.05, 3.63) is 24.3 Å². The Morgan fingerprint density at radius 3 is 2.67 bits per heavy atom. The van der Waals surface area contributed by atoms with Crippen LogP contribution in [0.4, 0.5) is 10.5 Å². The lowest BCUT2D eigenvalue weighted by Crippen LogP contribution is -2.39. The van der Waals surface area contributed by atoms with Crippen molar-refractivity contribution in [2.75, 3.05) is 12.4 Å². The summed E-state index contributed by atoms with van der Waals surface area (Å²) in [6, 6.07) is 7.87. The fourth-order valence-corrected chi connectivity index (χ4v) is 3.23. The zero-order valence-electron chi connectivity index (χ0n) is 14.3. The molecule has 1 saturated carbocycles. The predicted molar refractivity (Wildman–Crippen MR) is 92.5 cm³/mol. The van der Waals surface area contributed by atoms with E-state index >= 15 is 0 Å². The van der Waals surface area contributed by atoms with E-state index in [9.17, 15) is 4.79 Å². The van der Waals surface area contributed by atoms with Crippen LogP contribution in [0.15, 0.2) is 24.3 Å². The maximum atomic E-state index is 12.6. The molecule has 0 unspecified atom stereocenters. The average Bonchev–Trinajstić information content (AvgIpc) is 2.84. The zero-order chi connectivity index (χ0) is 16.9. The van der Waals surface area contributed by atoms with Gasteiger partial charge in [-0.15, -0.1) is 5.10 Å². The van der Waals surface area contributed by atoms with E-state index in [1.807, 2.05) is 36.2 Å². The number of carbonyl (C=O) groups excluding carboxylic acids is 1. The first-order chi connectivity index (χ1) is 11.6. The Bertz CT molecular complexity index is 690. The van der Waals surface area contributed by atoms with Gasteiger partial charge < -0.3 is 10.2 Å². The zero-order valence-corrected chi connectivity index (χ0v) is 14.3. The van der Waals surface area contributed by atoms with Gasteiger partial charge in [-0.2, -0.15) is 0 Å². The summed E-state index contributed by atoms with van der Waals surface area (Å²) >= 11 is 0. The standard InChI is InChI=1S/C17H24N6O/c1-22(15-10-5-3-4-6-11-15)17(24)18-14-9-7-8-13(12-14)16-19-20-21-23(16)2/h7-9,12,15H,3-6,10-11H2,1-2H3,(H,18,24). The molecule has 0 aliphatic heterocycles. The molecule has 2 amide bonds. The SMILES string of the molecule is CN(C(=O)Nc1cccc(-c2nnnn2C)c1)C1CCCCCC1. The number of hydrogen-bond donors (Lipinski definition) is 1. The number of amides is 2. The van der Waals surface area contributed by atoms with Gasteiger partial charge in [0.15, 0.2) is 5.82 Å². The van der Waals surface area contributed by atoms with E-state index in [0.29, 0.717) is 11.9 Å². The highest BCUT2D eigenvalue weighted by Crippen LogP contribution is 2.23. The second-order valence-corrected chi connectivity index (χ2v) is 6.39. The van der Waals surface area contributed by atoms with Crippen molar-refractivity contribution in [1.82, 2.24) is 25.1 Å². The van der Waals surface area contributed by atoms with Crippen molar-refractivity contribution in [1.29, 1.82) is 0 Å². The fourth-order valence-electron chi connectivity index (χ4n) is 3.23. The van der Waals surface area contributed by atoms with E-state index in [1.165, 1.54) is 25.7 Å². The highest BCUT2D eigenvalue weighted by Gasteiger charge is 2.21. The van der Waals surface area contributed by atoms with Crippen LogP contribution in [0.5, 0.6) is 0 Å². The van der Waals surface area contributed by atoms with Crippen LogP contribution >= 0.6 is 0 Å². The van der Waals surface area contributed by atoms with E-state index < -0.39 is 0 Å². The first-order valence-corrected chi connectivity index (χ1v) is 8.52. The molecule has 1 N–H and O–H groups in total. The minimum atomic E-state index is -0.0601. The smallest absolute Gasteiger partial charge is 0.321 e. The highest BCUT2D eigenvalue weighted by molar-refractivity contribution is 5.90. The molecule has 3 rings (SSSR count). The normalized spacial score (nSPS) is 15.8. The molecule has 1 fully saturated rings. The van der Waals surface area contributed by atoms with Crippen LogP contribution < -0.4 is 5.32 Å². The Kier molecular flexibility index (Phi) is 5.08. The van der Waals surface area contributed by atoms with Crippen molar-refractivity contribution < 1.29 is 4.79 Å². The quantitative estimate of drug-likeness (QED) is 0.879. The van der Waals surface area contributed by atoms with Crippen molar-refractivity contribution in [2.45, 2.75) is 44.6 Å². The van der Waals surface area contributed by atoms with Crippen molar-refractivity contribution >= 4 is 11.7 Å². The van der Waals surface area contributed by atoms with Gasteiger partial charge in [0, 0.05) is 31.4 Å². The number of carbonyl (C=O) groups is 1. The number of aryl methyl sites for hydroxylation is 1. The Labute approximate surface area is 142 Å². The summed E-state index contributed by atoms with van der Waals surface area (Å²) in [5.41, 5.74) is 1.62. The van der Waals surface area contributed by atoms with E-state index in [4.69, 9.17) is 0 Å². The van der Waals surface area contributed by atoms with Gasteiger partial charge in [0.25, 0.3) is 0 Å². The number of hydrogen-bond acceptors (Lipinski definition) is 4. The summed E-state index contributed by atoms with van der Waals surface area (Å²) in [7, 11) is 3.68. The number of aromatic nitrogens is 4. The highest BCUT2D eigenvalue weighted by atomic mass is 16.2. The van der Waals surface area contributed by atoms with Crippen LogP contribution in [-0.2, 0) is 7.05 Å². The molecule has 1 heterocycles. The number of urea groups is 1. The van der Waals surface area contributed by atoms with Crippen LogP contribution in [0, 0.1) is 0 Å². The van der Waals surface area contributed by atoms with Gasteiger partial charge in [-0.05, 0) is 35.4 Å². The van der Waals surface area contributed by atoms with E-state index in [0.717, 1.165) is 24.1 Å². The topological polar surface area (TPSA) is 75.9 Å². The molecule has 1 aromatic carbocycles. The molecule has 1 aliphatic rings. The van der Waals surface area contributed by atoms with Gasteiger partial charge in [0.1, 0.15) is 0 Å². The molecular weight excluding hydrogens is 304 g/mol. The monoisotopic (exact) mass is 328 g/mol. The molecule has 24 heavy (non-hydrogen) atoms. The van der Waals surface area contributed by atoms with Gasteiger partial charge >= 0.3 is 6.03 Å². The molecule has 7 heteroatoms. The largest absolute Gasteiger partial charge is 0.325 e. The second-order valence-electron chi connectivity index (χ2n) is 6.39. The first-order valence-electron chi connectivity index (χ1n) is 8.52. The van der Waals surface area contributed by atoms with Gasteiger partial charge in [-0.3, -0.25) is 0 Å². The number of benzene rings is 1. The molecular formula is C17H24N6O. The molecule has 0 bridgehead atoms. The predicted octanol–water partition coefficient (Wildman–Crippen LogP) is 3.06. The second kappa shape index (κ2) is 7.42. The number of nitrogens with one attached hydrogen (secondary N) is 1. The maximum absolute atomic E-state index is 12.6. The van der Waals surface area contributed by atoms with Crippen LogP contribution in [0.3, 0.4) is 0 Å². The minimum Gasteiger partial charge on any atom is -0.325 e. The third-order valence-corrected chi connectivity index (χ3v) is 4.68. The average molecular weight is 328 g/mol. The Balaban J connectivity index is 1.69. The van der Waals surface area contributed by atoms with Crippen molar-refractivity contribution in [3.8, 4) is 11.4 Å². The van der Waals surface area contributed by atoms with E-state index in [1.54, 1.807) is 11.7 Å². The Morgan fingerprint density at radius 1 is 1.25 bits per heavy atom. The first kappa shape index (κ1) is 16.4. The Morgan fingerprint density at radius 2 is 2.00 bits per heavy atom. The summed E-state index contributed by atoms with van der Waals surface area (Å²) < 4.78 is 1.61.